The fourth-order valence-corrected chi connectivity index (χ4v) is 4.49. The Hall–Kier alpha value is -1.13. The molecule has 186 valence electrons. The number of nitrogens with one attached hydrogen (secondary N) is 1. The number of aliphatic hydroxyl groups excluding tert-OH is 1. The zero-order valence-corrected chi connectivity index (χ0v) is 19.8. The molecule has 3 rings (SSSR count). The molecule has 0 aromatic carbocycles. The maximum absolute atomic E-state index is 12.5. The van der Waals surface area contributed by atoms with Crippen molar-refractivity contribution in [3.05, 3.63) is 6.33 Å². The molecule has 0 spiro atoms. The lowest BCUT2D eigenvalue weighted by Gasteiger charge is -2.20. The molecule has 0 bridgehead atoms. The van der Waals surface area contributed by atoms with Crippen molar-refractivity contribution in [2.45, 2.75) is 42.6 Å². The Bertz CT molecular complexity index is 993. The van der Waals surface area contributed by atoms with Gasteiger partial charge >= 0.3 is 6.18 Å². The number of thioether (sulfide) groups is 2. The molecule has 1 aliphatic heterocycles. The second-order valence-electron chi connectivity index (χ2n) is 7.01. The van der Waals surface area contributed by atoms with Gasteiger partial charge in [-0.25, -0.2) is 15.0 Å². The first-order valence-electron chi connectivity index (χ1n) is 9.65. The Morgan fingerprint density at radius 3 is 2.85 bits per heavy atom. The van der Waals surface area contributed by atoms with E-state index in [4.69, 9.17) is 9.63 Å². The minimum atomic E-state index is -4.99. The number of hydrogen-bond acceptors (Lipinski definition) is 11. The van der Waals surface area contributed by atoms with E-state index >= 15 is 0 Å². The third kappa shape index (κ3) is 7.68. The molecule has 0 amide bonds. The van der Waals surface area contributed by atoms with Gasteiger partial charge in [-0.1, -0.05) is 11.8 Å². The predicted octanol–water partition coefficient (Wildman–Crippen LogP) is 1.77. The Labute approximate surface area is 195 Å². The average molecular weight is 532 g/mol. The molecule has 3 heterocycles. The van der Waals surface area contributed by atoms with Gasteiger partial charge in [0.15, 0.2) is 22.1 Å². The fraction of sp³-hybridized carbons (Fsp3) is 0.688. The van der Waals surface area contributed by atoms with E-state index in [0.717, 1.165) is 17.5 Å². The number of imidazole rings is 1. The average Bonchev–Trinajstić information content (AvgIpc) is 3.28. The quantitative estimate of drug-likeness (QED) is 0.167. The van der Waals surface area contributed by atoms with Crippen LogP contribution in [0.2, 0.25) is 0 Å². The Balaban J connectivity index is 1.83. The summed E-state index contributed by atoms with van der Waals surface area (Å²) in [5.74, 6) is 0.854. The molecular weight excluding hydrogens is 510 g/mol. The van der Waals surface area contributed by atoms with Gasteiger partial charge in [0.2, 0.25) is 0 Å². The number of nitrogens with zero attached hydrogens (tertiary/aromatic N) is 4. The van der Waals surface area contributed by atoms with Gasteiger partial charge in [0.05, 0.1) is 25.5 Å². The molecular formula is C16H22F3N5O6PS2-. The molecule has 11 nitrogen and oxygen atoms in total. The Morgan fingerprint density at radius 2 is 2.18 bits per heavy atom. The van der Waals surface area contributed by atoms with Gasteiger partial charge in [0.25, 0.3) is 7.82 Å². The fourth-order valence-electron chi connectivity index (χ4n) is 3.03. The molecule has 2 aromatic rings. The Kier molecular flexibility index (Phi) is 8.88. The molecule has 1 aliphatic rings. The number of ether oxygens (including phenoxy) is 1. The Morgan fingerprint density at radius 1 is 1.42 bits per heavy atom. The van der Waals surface area contributed by atoms with Crippen molar-refractivity contribution in [3.63, 3.8) is 0 Å². The summed E-state index contributed by atoms with van der Waals surface area (Å²) in [6, 6.07) is 0. The van der Waals surface area contributed by atoms with Crippen LogP contribution < -0.4 is 10.2 Å². The van der Waals surface area contributed by atoms with E-state index in [-0.39, 0.29) is 23.0 Å². The van der Waals surface area contributed by atoms with Gasteiger partial charge in [-0.3, -0.25) is 9.13 Å². The van der Waals surface area contributed by atoms with Crippen LogP contribution in [0, 0.1) is 0 Å². The smallest absolute Gasteiger partial charge is 0.389 e. The van der Waals surface area contributed by atoms with Crippen molar-refractivity contribution < 1.29 is 41.9 Å². The number of phosphoric ester groups is 1. The summed E-state index contributed by atoms with van der Waals surface area (Å²) in [4.78, 5) is 32.5. The summed E-state index contributed by atoms with van der Waals surface area (Å²) in [6.45, 7) is -0.0438. The zero-order valence-electron chi connectivity index (χ0n) is 17.3. The van der Waals surface area contributed by atoms with Gasteiger partial charge in [-0.2, -0.15) is 24.9 Å². The first kappa shape index (κ1) is 26.5. The summed E-state index contributed by atoms with van der Waals surface area (Å²) in [5.41, 5.74) is 0.648. The van der Waals surface area contributed by atoms with Crippen LogP contribution in [0.1, 0.15) is 19.1 Å². The molecule has 2 aromatic heterocycles. The zero-order chi connectivity index (χ0) is 24.2. The lowest BCUT2D eigenvalue weighted by atomic mass is 10.2. The standard InChI is InChI=1S/C16H23F3N5O6PS2/c1-32-5-3-20-13-12-14(23-15(22-13)33-4-2-16(17,18)19)24(8-21-12)11-6-9(25)10(30-11)7-29-31(26,27)28/h8-11,25H,2-7H2,1H3,(H,20,22,23)(H2,26,27,28)/p-1/t9-,10+,11+/m0/s1. The second-order valence-corrected chi connectivity index (χ2v) is 10.3. The van der Waals surface area contributed by atoms with Gasteiger partial charge < -0.3 is 29.5 Å². The molecule has 0 saturated carbocycles. The van der Waals surface area contributed by atoms with E-state index in [1.807, 2.05) is 6.26 Å². The van der Waals surface area contributed by atoms with Crippen molar-refractivity contribution in [1.82, 2.24) is 19.5 Å². The van der Waals surface area contributed by atoms with Crippen molar-refractivity contribution in [2.24, 2.45) is 0 Å². The SMILES string of the molecule is CSCCNc1nc(SCCC(F)(F)F)nc2c1ncn2[C@H]1C[C@H](O)[C@@H](COP(=O)([O-])O)O1. The third-order valence-electron chi connectivity index (χ3n) is 4.53. The van der Waals surface area contributed by atoms with E-state index in [2.05, 4.69) is 24.8 Å². The highest BCUT2D eigenvalue weighted by atomic mass is 32.2. The van der Waals surface area contributed by atoms with Crippen molar-refractivity contribution in [1.29, 1.82) is 0 Å². The highest BCUT2D eigenvalue weighted by Gasteiger charge is 2.37. The maximum atomic E-state index is 12.5. The third-order valence-corrected chi connectivity index (χ3v) is 6.47. The number of halogens is 3. The predicted molar refractivity (Wildman–Crippen MR) is 114 cm³/mol. The van der Waals surface area contributed by atoms with Gasteiger partial charge in [-0.05, 0) is 6.26 Å². The maximum Gasteiger partial charge on any atom is 0.389 e. The molecule has 33 heavy (non-hydrogen) atoms. The lowest BCUT2D eigenvalue weighted by molar-refractivity contribution is -0.222. The van der Waals surface area contributed by atoms with Crippen LogP contribution in [0.3, 0.4) is 0 Å². The van der Waals surface area contributed by atoms with Crippen molar-refractivity contribution in [2.75, 3.05) is 36.2 Å². The first-order valence-corrected chi connectivity index (χ1v) is 13.5. The topological polar surface area (TPSA) is 155 Å². The minimum Gasteiger partial charge on any atom is -0.756 e. The summed E-state index contributed by atoms with van der Waals surface area (Å²) < 4.78 is 59.9. The molecule has 0 radical (unpaired) electrons. The van der Waals surface area contributed by atoms with Crippen molar-refractivity contribution >= 4 is 48.3 Å². The summed E-state index contributed by atoms with van der Waals surface area (Å²) >= 11 is 2.45. The highest BCUT2D eigenvalue weighted by molar-refractivity contribution is 7.99. The normalized spacial score (nSPS) is 23.2. The molecule has 17 heteroatoms. The molecule has 1 saturated heterocycles. The summed E-state index contributed by atoms with van der Waals surface area (Å²) in [6.07, 6.45) is -4.86. The summed E-state index contributed by atoms with van der Waals surface area (Å²) in [5, 5.41) is 13.4. The molecule has 0 aliphatic carbocycles. The van der Waals surface area contributed by atoms with Gasteiger partial charge in [0.1, 0.15) is 12.3 Å². The lowest BCUT2D eigenvalue weighted by Crippen LogP contribution is -2.26. The number of phosphoric acid groups is 1. The number of hydrogen-bond donors (Lipinski definition) is 3. The van der Waals surface area contributed by atoms with E-state index in [1.165, 1.54) is 10.9 Å². The van der Waals surface area contributed by atoms with Crippen LogP contribution in [0.5, 0.6) is 0 Å². The number of aliphatic hydroxyl groups is 1. The number of alkyl halides is 3. The number of aromatic nitrogens is 4. The minimum absolute atomic E-state index is 0.0455. The van der Waals surface area contributed by atoms with Crippen molar-refractivity contribution in [3.8, 4) is 0 Å². The van der Waals surface area contributed by atoms with Crippen LogP contribution in [-0.2, 0) is 13.8 Å². The van der Waals surface area contributed by atoms with Gasteiger partial charge in [0, 0.05) is 24.5 Å². The van der Waals surface area contributed by atoms with E-state index in [9.17, 15) is 27.7 Å². The largest absolute Gasteiger partial charge is 0.756 e. The van der Waals surface area contributed by atoms with Crippen LogP contribution >= 0.6 is 31.3 Å². The molecule has 1 fully saturated rings. The van der Waals surface area contributed by atoms with Crippen LogP contribution in [0.25, 0.3) is 11.2 Å². The first-order chi connectivity index (χ1) is 15.5. The number of fused-ring (bicyclic) bond motifs is 1. The monoisotopic (exact) mass is 532 g/mol. The van der Waals surface area contributed by atoms with E-state index < -0.39 is 45.5 Å². The number of rotatable bonds is 11. The van der Waals surface area contributed by atoms with Gasteiger partial charge in [-0.15, -0.1) is 0 Å². The summed E-state index contributed by atoms with van der Waals surface area (Å²) in [7, 11) is -4.99. The molecule has 1 unspecified atom stereocenters. The van der Waals surface area contributed by atoms with E-state index in [0.29, 0.717) is 17.9 Å². The van der Waals surface area contributed by atoms with Crippen LogP contribution in [0.4, 0.5) is 19.0 Å². The molecule has 4 atom stereocenters. The molecule has 3 N–H and O–H groups in total. The van der Waals surface area contributed by atoms with Crippen LogP contribution in [0.15, 0.2) is 11.5 Å². The van der Waals surface area contributed by atoms with E-state index in [1.54, 1.807) is 11.8 Å². The second kappa shape index (κ2) is 11.1. The van der Waals surface area contributed by atoms with Crippen LogP contribution in [-0.4, -0.2) is 78.8 Å². The highest BCUT2D eigenvalue weighted by Crippen LogP contribution is 2.36. The number of anilines is 1.